The zero-order valence-corrected chi connectivity index (χ0v) is 17.5. The largest absolute Gasteiger partial charge is 0.360 e. The molecule has 146 valence electrons. The third-order valence-corrected chi connectivity index (χ3v) is 5.09. The first kappa shape index (κ1) is 21.5. The third-order valence-electron chi connectivity index (χ3n) is 4.73. The van der Waals surface area contributed by atoms with Gasteiger partial charge in [-0.25, -0.2) is 0 Å². The lowest BCUT2D eigenvalue weighted by molar-refractivity contribution is -0.117. The molecule has 2 atom stereocenters. The highest BCUT2D eigenvalue weighted by Gasteiger charge is 2.34. The molecule has 0 aliphatic heterocycles. The number of halogens is 1. The molecule has 0 saturated heterocycles. The highest BCUT2D eigenvalue weighted by molar-refractivity contribution is 6.20. The van der Waals surface area contributed by atoms with Crippen molar-refractivity contribution in [2.45, 2.75) is 58.6 Å². The summed E-state index contributed by atoms with van der Waals surface area (Å²) in [4.78, 5) is 14.5. The summed E-state index contributed by atoms with van der Waals surface area (Å²) >= 11 is 6.79. The molecule has 0 radical (unpaired) electrons. The van der Waals surface area contributed by atoms with E-state index < -0.39 is 5.56 Å². The van der Waals surface area contributed by atoms with Crippen molar-refractivity contribution in [3.05, 3.63) is 65.2 Å². The number of carbonyl (C=O) groups is 1. The molecule has 0 heterocycles. The molecule has 2 aromatic rings. The minimum atomic E-state index is -0.632. The summed E-state index contributed by atoms with van der Waals surface area (Å²) in [6.45, 7) is 8.46. The first-order valence-electron chi connectivity index (χ1n) is 9.76. The maximum atomic E-state index is 12.7. The van der Waals surface area contributed by atoms with Crippen molar-refractivity contribution in [3.63, 3.8) is 0 Å². The van der Waals surface area contributed by atoms with E-state index >= 15 is 0 Å². The van der Waals surface area contributed by atoms with Crippen molar-refractivity contribution in [3.8, 4) is 0 Å². The highest BCUT2D eigenvalue weighted by Crippen LogP contribution is 2.37. The minimum Gasteiger partial charge on any atom is -0.360 e. The van der Waals surface area contributed by atoms with E-state index in [2.05, 4.69) is 39.0 Å². The van der Waals surface area contributed by atoms with Gasteiger partial charge in [0.05, 0.1) is 0 Å². The number of ether oxygens (including phenoxy) is 1. The number of hydrogen-bond acceptors (Lipinski definition) is 2. The van der Waals surface area contributed by atoms with E-state index in [1.807, 2.05) is 30.3 Å². The quantitative estimate of drug-likeness (QED) is 0.501. The van der Waals surface area contributed by atoms with Crippen molar-refractivity contribution in [2.75, 3.05) is 11.5 Å². The van der Waals surface area contributed by atoms with E-state index in [0.717, 1.165) is 30.5 Å². The van der Waals surface area contributed by atoms with Crippen LogP contribution in [0, 0.1) is 0 Å². The average molecular weight is 388 g/mol. The van der Waals surface area contributed by atoms with E-state index in [4.69, 9.17) is 16.3 Å². The number of anilines is 1. The van der Waals surface area contributed by atoms with E-state index in [-0.39, 0.29) is 11.9 Å². The predicted molar refractivity (Wildman–Crippen MR) is 113 cm³/mol. The van der Waals surface area contributed by atoms with E-state index in [0.29, 0.717) is 6.61 Å². The van der Waals surface area contributed by atoms with E-state index in [1.165, 1.54) is 11.1 Å². The molecular formula is C23H30ClNO2. The van der Waals surface area contributed by atoms with Crippen molar-refractivity contribution >= 4 is 23.2 Å². The fraction of sp³-hybridized carbons (Fsp3) is 0.435. The van der Waals surface area contributed by atoms with Crippen molar-refractivity contribution < 1.29 is 9.53 Å². The number of benzene rings is 2. The second kappa shape index (κ2) is 10.5. The Bertz CT molecular complexity index is 710. The Balaban J connectivity index is 2.66. The van der Waals surface area contributed by atoms with Crippen LogP contribution in [-0.4, -0.2) is 18.1 Å². The summed E-state index contributed by atoms with van der Waals surface area (Å²) in [5.74, 6) is -0.0510. The van der Waals surface area contributed by atoms with Gasteiger partial charge in [-0.1, -0.05) is 68.8 Å². The van der Waals surface area contributed by atoms with Gasteiger partial charge in [0.15, 0.2) is 5.56 Å². The summed E-state index contributed by atoms with van der Waals surface area (Å²) < 4.78 is 5.93. The van der Waals surface area contributed by atoms with Gasteiger partial charge < -0.3 is 9.64 Å². The average Bonchev–Trinajstić information content (AvgIpc) is 2.69. The Morgan fingerprint density at radius 2 is 1.59 bits per heavy atom. The number of amides is 1. The van der Waals surface area contributed by atoms with Crippen LogP contribution in [0.4, 0.5) is 5.69 Å². The summed E-state index contributed by atoms with van der Waals surface area (Å²) in [6, 6.07) is 15.6. The zero-order valence-electron chi connectivity index (χ0n) is 16.7. The molecule has 27 heavy (non-hydrogen) atoms. The van der Waals surface area contributed by atoms with Gasteiger partial charge in [0, 0.05) is 19.2 Å². The normalized spacial score (nSPS) is 13.2. The molecule has 0 saturated carbocycles. The van der Waals surface area contributed by atoms with Crippen LogP contribution in [0.25, 0.3) is 0 Å². The van der Waals surface area contributed by atoms with Gasteiger partial charge in [-0.2, -0.15) is 0 Å². The molecule has 1 amide bonds. The summed E-state index contributed by atoms with van der Waals surface area (Å²) in [7, 11) is 0. The Morgan fingerprint density at radius 1 is 1.00 bits per heavy atom. The fourth-order valence-corrected chi connectivity index (χ4v) is 3.82. The van der Waals surface area contributed by atoms with E-state index in [1.54, 1.807) is 11.8 Å². The SMILES string of the molecule is CCCOC(Cl)C(c1c(CC)cccc1CC)N(C(C)=O)c1ccccc1. The van der Waals surface area contributed by atoms with Crippen LogP contribution in [0.2, 0.25) is 0 Å². The molecule has 0 spiro atoms. The maximum absolute atomic E-state index is 12.7. The van der Waals surface area contributed by atoms with Crippen LogP contribution in [-0.2, 0) is 22.4 Å². The maximum Gasteiger partial charge on any atom is 0.224 e. The molecule has 0 aromatic heterocycles. The minimum absolute atomic E-state index is 0.0510. The lowest BCUT2D eigenvalue weighted by Crippen LogP contribution is -2.40. The molecule has 0 bridgehead atoms. The van der Waals surface area contributed by atoms with Gasteiger partial charge in [0.2, 0.25) is 5.91 Å². The zero-order chi connectivity index (χ0) is 19.8. The van der Waals surface area contributed by atoms with Crippen molar-refractivity contribution in [1.82, 2.24) is 0 Å². The molecular weight excluding hydrogens is 358 g/mol. The number of aryl methyl sites for hydroxylation is 2. The first-order valence-corrected chi connectivity index (χ1v) is 10.2. The Hall–Kier alpha value is -1.84. The standard InChI is InChI=1S/C23H30ClNO2/c1-5-16-27-23(24)22(21-18(6-2)12-11-13-19(21)7-3)25(17(4)26)20-14-9-8-10-15-20/h8-15,22-23H,5-7,16H2,1-4H3. The number of nitrogens with zero attached hydrogens (tertiary/aromatic N) is 1. The lowest BCUT2D eigenvalue weighted by atomic mass is 9.90. The Labute approximate surface area is 168 Å². The summed E-state index contributed by atoms with van der Waals surface area (Å²) in [6.07, 6.45) is 2.62. The molecule has 4 heteroatoms. The van der Waals surface area contributed by atoms with Crippen LogP contribution in [0.3, 0.4) is 0 Å². The monoisotopic (exact) mass is 387 g/mol. The van der Waals surface area contributed by atoms with Gasteiger partial charge in [-0.05, 0) is 48.1 Å². The van der Waals surface area contributed by atoms with Crippen LogP contribution >= 0.6 is 11.6 Å². The van der Waals surface area contributed by atoms with Gasteiger partial charge in [0.25, 0.3) is 0 Å². The number of hydrogen-bond donors (Lipinski definition) is 0. The molecule has 2 rings (SSSR count). The fourth-order valence-electron chi connectivity index (χ4n) is 3.49. The number of alkyl halides is 1. The van der Waals surface area contributed by atoms with Crippen molar-refractivity contribution in [1.29, 1.82) is 0 Å². The molecule has 0 aliphatic rings. The number of para-hydroxylation sites is 1. The Morgan fingerprint density at radius 3 is 2.07 bits per heavy atom. The lowest BCUT2D eigenvalue weighted by Gasteiger charge is -2.36. The van der Waals surface area contributed by atoms with E-state index in [9.17, 15) is 4.79 Å². The van der Waals surface area contributed by atoms with Crippen molar-refractivity contribution in [2.24, 2.45) is 0 Å². The second-order valence-electron chi connectivity index (χ2n) is 6.59. The molecule has 2 aromatic carbocycles. The van der Waals surface area contributed by atoms with Gasteiger partial charge in [-0.3, -0.25) is 4.79 Å². The van der Waals surface area contributed by atoms with Gasteiger partial charge >= 0.3 is 0 Å². The van der Waals surface area contributed by atoms with Gasteiger partial charge in [-0.15, -0.1) is 0 Å². The molecule has 2 unspecified atom stereocenters. The molecule has 3 nitrogen and oxygen atoms in total. The van der Waals surface area contributed by atoms with Gasteiger partial charge in [0.1, 0.15) is 6.04 Å². The van der Waals surface area contributed by atoms with Crippen LogP contribution in [0.15, 0.2) is 48.5 Å². The predicted octanol–water partition coefficient (Wildman–Crippen LogP) is 5.90. The third kappa shape index (κ3) is 5.12. The van der Waals surface area contributed by atoms with Crippen LogP contribution in [0.5, 0.6) is 0 Å². The summed E-state index contributed by atoms with van der Waals surface area (Å²) in [5, 5.41) is 0. The second-order valence-corrected chi connectivity index (χ2v) is 7.02. The Kier molecular flexibility index (Phi) is 8.33. The van der Waals surface area contributed by atoms with Crippen LogP contribution in [0.1, 0.15) is 56.8 Å². The molecule has 0 fully saturated rings. The smallest absolute Gasteiger partial charge is 0.224 e. The first-order chi connectivity index (χ1) is 13.0. The molecule has 0 aliphatic carbocycles. The highest BCUT2D eigenvalue weighted by atomic mass is 35.5. The topological polar surface area (TPSA) is 29.5 Å². The molecule has 0 N–H and O–H groups in total. The number of rotatable bonds is 9. The number of carbonyl (C=O) groups excluding carboxylic acids is 1. The van der Waals surface area contributed by atoms with Crippen LogP contribution < -0.4 is 4.90 Å². The summed E-state index contributed by atoms with van der Waals surface area (Å²) in [5.41, 5.74) is 3.71.